The number of nitrogens with two attached hydrogens (primary N) is 1. The third kappa shape index (κ3) is 1.59. The van der Waals surface area contributed by atoms with Gasteiger partial charge in [0.05, 0.1) is 0 Å². The molecule has 0 aromatic carbocycles. The van der Waals surface area contributed by atoms with Crippen LogP contribution < -0.4 is 5.73 Å². The summed E-state index contributed by atoms with van der Waals surface area (Å²) in [6.45, 7) is 0. The lowest BCUT2D eigenvalue weighted by Gasteiger charge is -2.18. The first-order valence-corrected chi connectivity index (χ1v) is 4.03. The SMILES string of the molecule is NC1=CC=CC(I)(C=O)C1. The van der Waals surface area contributed by atoms with E-state index in [2.05, 4.69) is 22.6 Å². The molecule has 3 heteroatoms. The van der Waals surface area contributed by atoms with Crippen molar-refractivity contribution in [2.24, 2.45) is 5.73 Å². The molecule has 2 nitrogen and oxygen atoms in total. The predicted molar refractivity (Wildman–Crippen MR) is 48.8 cm³/mol. The van der Waals surface area contributed by atoms with Crippen LogP contribution >= 0.6 is 22.6 Å². The van der Waals surface area contributed by atoms with Crippen LogP contribution in [-0.4, -0.2) is 9.71 Å². The van der Waals surface area contributed by atoms with Crippen molar-refractivity contribution in [2.45, 2.75) is 9.84 Å². The molecule has 1 atom stereocenters. The molecule has 0 fully saturated rings. The number of carbonyl (C=O) groups is 1. The summed E-state index contributed by atoms with van der Waals surface area (Å²) >= 11 is 2.09. The Morgan fingerprint density at radius 1 is 1.80 bits per heavy atom. The topological polar surface area (TPSA) is 43.1 Å². The van der Waals surface area contributed by atoms with Crippen molar-refractivity contribution < 1.29 is 4.79 Å². The Bertz CT molecular complexity index is 210. The predicted octanol–water partition coefficient (Wildman–Crippen LogP) is 1.16. The molecular formula is C7H8INO. The molecule has 0 bridgehead atoms. The number of hydrogen-bond acceptors (Lipinski definition) is 2. The van der Waals surface area contributed by atoms with Gasteiger partial charge in [-0.2, -0.15) is 0 Å². The van der Waals surface area contributed by atoms with Gasteiger partial charge in [0.1, 0.15) is 9.71 Å². The number of alkyl halides is 1. The van der Waals surface area contributed by atoms with Crippen molar-refractivity contribution >= 4 is 28.9 Å². The minimum Gasteiger partial charge on any atom is -0.402 e. The van der Waals surface area contributed by atoms with Crippen molar-refractivity contribution in [1.82, 2.24) is 0 Å². The molecule has 10 heavy (non-hydrogen) atoms. The second-order valence-corrected chi connectivity index (χ2v) is 4.33. The zero-order chi connectivity index (χ0) is 7.61. The van der Waals surface area contributed by atoms with Gasteiger partial charge in [-0.25, -0.2) is 0 Å². The van der Waals surface area contributed by atoms with Crippen LogP contribution in [0.2, 0.25) is 0 Å². The average molecular weight is 249 g/mol. The standard InChI is InChI=1S/C7H8INO/c8-7(5-10)3-1-2-6(9)4-7/h1-3,5H,4,9H2. The van der Waals surface area contributed by atoms with Crippen LogP contribution in [0.25, 0.3) is 0 Å². The third-order valence-corrected chi connectivity index (χ3v) is 2.35. The number of carbonyl (C=O) groups excluding carboxylic acids is 1. The maximum absolute atomic E-state index is 10.5. The number of rotatable bonds is 1. The van der Waals surface area contributed by atoms with E-state index in [4.69, 9.17) is 5.73 Å². The fourth-order valence-electron chi connectivity index (χ4n) is 0.843. The summed E-state index contributed by atoms with van der Waals surface area (Å²) in [4.78, 5) is 10.5. The smallest absolute Gasteiger partial charge is 0.140 e. The number of halogens is 1. The normalized spacial score (nSPS) is 31.5. The zero-order valence-corrected chi connectivity index (χ0v) is 7.54. The highest BCUT2D eigenvalue weighted by molar-refractivity contribution is 14.1. The molecule has 1 unspecified atom stereocenters. The van der Waals surface area contributed by atoms with Crippen LogP contribution in [0.4, 0.5) is 0 Å². The Morgan fingerprint density at radius 3 is 2.90 bits per heavy atom. The molecule has 1 aliphatic rings. The Labute approximate surface area is 73.3 Å². The number of hydrogen-bond donors (Lipinski definition) is 1. The van der Waals surface area contributed by atoms with Crippen LogP contribution in [0.3, 0.4) is 0 Å². The Morgan fingerprint density at radius 2 is 2.50 bits per heavy atom. The van der Waals surface area contributed by atoms with Crippen LogP contribution in [0.15, 0.2) is 23.9 Å². The van der Waals surface area contributed by atoms with E-state index in [-0.39, 0.29) is 0 Å². The van der Waals surface area contributed by atoms with E-state index in [1.807, 2.05) is 18.2 Å². The van der Waals surface area contributed by atoms with Gasteiger partial charge in [-0.15, -0.1) is 0 Å². The molecular weight excluding hydrogens is 241 g/mol. The van der Waals surface area contributed by atoms with E-state index in [0.717, 1.165) is 12.0 Å². The molecule has 54 valence electrons. The summed E-state index contributed by atoms with van der Waals surface area (Å²) in [5.41, 5.74) is 6.30. The van der Waals surface area contributed by atoms with Gasteiger partial charge in [0.25, 0.3) is 0 Å². The van der Waals surface area contributed by atoms with E-state index >= 15 is 0 Å². The van der Waals surface area contributed by atoms with Gasteiger partial charge in [-0.1, -0.05) is 34.7 Å². The summed E-state index contributed by atoms with van der Waals surface area (Å²) in [5.74, 6) is 0. The van der Waals surface area contributed by atoms with Crippen LogP contribution in [0.5, 0.6) is 0 Å². The number of allylic oxidation sites excluding steroid dienone is 4. The lowest BCUT2D eigenvalue weighted by molar-refractivity contribution is -0.108. The first-order chi connectivity index (χ1) is 4.66. The highest BCUT2D eigenvalue weighted by Crippen LogP contribution is 2.27. The summed E-state index contributed by atoms with van der Waals surface area (Å²) in [7, 11) is 0. The second kappa shape index (κ2) is 2.74. The van der Waals surface area contributed by atoms with Crippen LogP contribution in [-0.2, 0) is 4.79 Å². The van der Waals surface area contributed by atoms with Crippen LogP contribution in [0.1, 0.15) is 6.42 Å². The summed E-state index contributed by atoms with van der Waals surface area (Å²) in [5, 5.41) is 0. The van der Waals surface area contributed by atoms with Gasteiger partial charge < -0.3 is 10.5 Å². The molecule has 0 aromatic rings. The van der Waals surface area contributed by atoms with Crippen molar-refractivity contribution in [3.63, 3.8) is 0 Å². The van der Waals surface area contributed by atoms with Gasteiger partial charge in [0.15, 0.2) is 0 Å². The van der Waals surface area contributed by atoms with E-state index < -0.39 is 3.42 Å². The molecule has 1 aliphatic carbocycles. The first-order valence-electron chi connectivity index (χ1n) is 2.95. The molecule has 0 saturated heterocycles. The highest BCUT2D eigenvalue weighted by Gasteiger charge is 2.24. The minimum absolute atomic E-state index is 0.392. The van der Waals surface area contributed by atoms with Crippen molar-refractivity contribution in [2.75, 3.05) is 0 Å². The van der Waals surface area contributed by atoms with Crippen molar-refractivity contribution in [1.29, 1.82) is 0 Å². The number of aldehydes is 1. The lowest BCUT2D eigenvalue weighted by Crippen LogP contribution is -2.24. The third-order valence-electron chi connectivity index (χ3n) is 1.35. The van der Waals surface area contributed by atoms with Crippen LogP contribution in [0, 0.1) is 0 Å². The average Bonchev–Trinajstić information content (AvgIpc) is 1.88. The van der Waals surface area contributed by atoms with Gasteiger partial charge >= 0.3 is 0 Å². The van der Waals surface area contributed by atoms with Gasteiger partial charge in [-0.05, 0) is 6.08 Å². The van der Waals surface area contributed by atoms with Crippen molar-refractivity contribution in [3.05, 3.63) is 23.9 Å². The zero-order valence-electron chi connectivity index (χ0n) is 5.38. The maximum Gasteiger partial charge on any atom is 0.140 e. The Balaban J connectivity index is 2.80. The first kappa shape index (κ1) is 7.78. The molecule has 1 rings (SSSR count). The molecule has 0 radical (unpaired) electrons. The quantitative estimate of drug-likeness (QED) is 0.430. The largest absolute Gasteiger partial charge is 0.402 e. The second-order valence-electron chi connectivity index (χ2n) is 2.32. The summed E-state index contributed by atoms with van der Waals surface area (Å²) in [6, 6.07) is 0. The molecule has 2 N–H and O–H groups in total. The molecule has 0 amide bonds. The minimum atomic E-state index is -0.392. The molecule has 0 heterocycles. The maximum atomic E-state index is 10.5. The van der Waals surface area contributed by atoms with Gasteiger partial charge in [-0.3, -0.25) is 0 Å². The van der Waals surface area contributed by atoms with Gasteiger partial charge in [0, 0.05) is 12.1 Å². The van der Waals surface area contributed by atoms with E-state index in [1.165, 1.54) is 0 Å². The van der Waals surface area contributed by atoms with E-state index in [1.54, 1.807) is 0 Å². The van der Waals surface area contributed by atoms with E-state index in [0.29, 0.717) is 6.42 Å². The summed E-state index contributed by atoms with van der Waals surface area (Å²) < 4.78 is -0.392. The van der Waals surface area contributed by atoms with E-state index in [9.17, 15) is 4.79 Å². The fraction of sp³-hybridized carbons (Fsp3) is 0.286. The van der Waals surface area contributed by atoms with Crippen molar-refractivity contribution in [3.8, 4) is 0 Å². The monoisotopic (exact) mass is 249 g/mol. The fourth-order valence-corrected chi connectivity index (χ4v) is 1.49. The molecule has 0 spiro atoms. The molecule has 0 saturated carbocycles. The Kier molecular flexibility index (Phi) is 2.13. The summed E-state index contributed by atoms with van der Waals surface area (Å²) in [6.07, 6.45) is 7.05. The highest BCUT2D eigenvalue weighted by atomic mass is 127. The molecule has 0 aliphatic heterocycles. The Hall–Kier alpha value is -0.320. The van der Waals surface area contributed by atoms with Gasteiger partial charge in [0.2, 0.25) is 0 Å². The lowest BCUT2D eigenvalue weighted by atomic mass is 10.0. The molecule has 0 aromatic heterocycles.